The molecule has 0 amide bonds. The quantitative estimate of drug-likeness (QED) is 0.252. The second kappa shape index (κ2) is 19.7. The maximum atomic E-state index is 11.6. The highest BCUT2D eigenvalue weighted by Gasteiger charge is 2.10. The largest absolute Gasteiger partial charge is 0.465 e. The standard InChI is InChI=1S/C21H42O4/c1-3-4-5-6-7-8-9-10-11-12-13-14-15-16-21(23)25-19-20(17-22)18-24-2/h20,22H,3-19H2,1-2H3. The van der Waals surface area contributed by atoms with Crippen molar-refractivity contribution in [1.82, 2.24) is 0 Å². The van der Waals surface area contributed by atoms with E-state index in [1.54, 1.807) is 7.11 Å². The van der Waals surface area contributed by atoms with Crippen LogP contribution in [0.4, 0.5) is 0 Å². The first-order valence-electron chi connectivity index (χ1n) is 10.5. The van der Waals surface area contributed by atoms with Crippen molar-refractivity contribution in [3.8, 4) is 0 Å². The van der Waals surface area contributed by atoms with Crippen molar-refractivity contribution in [2.45, 2.75) is 96.8 Å². The summed E-state index contributed by atoms with van der Waals surface area (Å²) < 4.78 is 10.1. The Morgan fingerprint density at radius 3 is 1.72 bits per heavy atom. The van der Waals surface area contributed by atoms with Gasteiger partial charge in [0.05, 0.1) is 19.8 Å². The van der Waals surface area contributed by atoms with Crippen LogP contribution in [0.3, 0.4) is 0 Å². The number of aliphatic hydroxyl groups excluding tert-OH is 1. The number of methoxy groups -OCH3 is 1. The van der Waals surface area contributed by atoms with Gasteiger partial charge in [-0.25, -0.2) is 0 Å². The third-order valence-corrected chi connectivity index (χ3v) is 4.63. The zero-order chi connectivity index (χ0) is 18.6. The van der Waals surface area contributed by atoms with Crippen molar-refractivity contribution in [3.63, 3.8) is 0 Å². The van der Waals surface area contributed by atoms with E-state index < -0.39 is 0 Å². The second-order valence-electron chi connectivity index (χ2n) is 7.18. The van der Waals surface area contributed by atoms with Gasteiger partial charge >= 0.3 is 5.97 Å². The molecule has 4 heteroatoms. The van der Waals surface area contributed by atoms with Gasteiger partial charge < -0.3 is 14.6 Å². The first-order chi connectivity index (χ1) is 12.2. The normalized spacial score (nSPS) is 12.3. The van der Waals surface area contributed by atoms with Crippen LogP contribution in [-0.2, 0) is 14.3 Å². The van der Waals surface area contributed by atoms with Crippen LogP contribution >= 0.6 is 0 Å². The van der Waals surface area contributed by atoms with Gasteiger partial charge in [-0.15, -0.1) is 0 Å². The number of ether oxygens (including phenoxy) is 2. The molecule has 0 fully saturated rings. The van der Waals surface area contributed by atoms with Gasteiger partial charge in [-0.2, -0.15) is 0 Å². The van der Waals surface area contributed by atoms with Gasteiger partial charge in [0.25, 0.3) is 0 Å². The minimum atomic E-state index is -0.155. The first kappa shape index (κ1) is 24.4. The summed E-state index contributed by atoms with van der Waals surface area (Å²) >= 11 is 0. The molecule has 4 nitrogen and oxygen atoms in total. The van der Waals surface area contributed by atoms with E-state index in [4.69, 9.17) is 14.6 Å². The maximum absolute atomic E-state index is 11.6. The lowest BCUT2D eigenvalue weighted by Gasteiger charge is -2.13. The molecule has 1 atom stereocenters. The van der Waals surface area contributed by atoms with Crippen molar-refractivity contribution < 1.29 is 19.4 Å². The number of hydrogen-bond donors (Lipinski definition) is 1. The van der Waals surface area contributed by atoms with Crippen molar-refractivity contribution in [2.24, 2.45) is 5.92 Å². The van der Waals surface area contributed by atoms with Crippen molar-refractivity contribution in [2.75, 3.05) is 26.9 Å². The van der Waals surface area contributed by atoms with Crippen LogP contribution in [0.25, 0.3) is 0 Å². The molecule has 150 valence electrons. The van der Waals surface area contributed by atoms with Crippen LogP contribution in [0.15, 0.2) is 0 Å². The van der Waals surface area contributed by atoms with Crippen molar-refractivity contribution in [3.05, 3.63) is 0 Å². The Morgan fingerprint density at radius 1 is 0.800 bits per heavy atom. The highest BCUT2D eigenvalue weighted by molar-refractivity contribution is 5.69. The third kappa shape index (κ3) is 18.0. The average Bonchev–Trinajstić information content (AvgIpc) is 2.62. The monoisotopic (exact) mass is 358 g/mol. The molecular formula is C21H42O4. The molecule has 0 heterocycles. The summed E-state index contributed by atoms with van der Waals surface area (Å²) in [4.78, 5) is 11.6. The van der Waals surface area contributed by atoms with Crippen molar-refractivity contribution >= 4 is 5.97 Å². The maximum Gasteiger partial charge on any atom is 0.305 e. The van der Waals surface area contributed by atoms with E-state index in [0.717, 1.165) is 12.8 Å². The summed E-state index contributed by atoms with van der Waals surface area (Å²) in [6, 6.07) is 0. The van der Waals surface area contributed by atoms with Gasteiger partial charge in [0, 0.05) is 19.4 Å². The van der Waals surface area contributed by atoms with Gasteiger partial charge in [0.15, 0.2) is 0 Å². The van der Waals surface area contributed by atoms with Crippen LogP contribution in [0.5, 0.6) is 0 Å². The fourth-order valence-electron chi connectivity index (χ4n) is 2.96. The van der Waals surface area contributed by atoms with Crippen LogP contribution in [-0.4, -0.2) is 38.0 Å². The number of carbonyl (C=O) groups excluding carboxylic acids is 1. The van der Waals surface area contributed by atoms with Gasteiger partial charge in [-0.05, 0) is 6.42 Å². The van der Waals surface area contributed by atoms with E-state index in [2.05, 4.69) is 6.92 Å². The Morgan fingerprint density at radius 2 is 1.28 bits per heavy atom. The van der Waals surface area contributed by atoms with E-state index >= 15 is 0 Å². The van der Waals surface area contributed by atoms with Gasteiger partial charge in [0.1, 0.15) is 0 Å². The molecule has 0 aromatic carbocycles. The van der Waals surface area contributed by atoms with E-state index in [1.807, 2.05) is 0 Å². The van der Waals surface area contributed by atoms with Crippen molar-refractivity contribution in [1.29, 1.82) is 0 Å². The zero-order valence-electron chi connectivity index (χ0n) is 16.8. The Labute approximate surface area is 155 Å². The zero-order valence-corrected chi connectivity index (χ0v) is 16.8. The molecular weight excluding hydrogens is 316 g/mol. The highest BCUT2D eigenvalue weighted by Crippen LogP contribution is 2.13. The fraction of sp³-hybridized carbons (Fsp3) is 0.952. The van der Waals surface area contributed by atoms with Crippen LogP contribution < -0.4 is 0 Å². The van der Waals surface area contributed by atoms with Gasteiger partial charge in [0.2, 0.25) is 0 Å². The predicted molar refractivity (Wildman–Crippen MR) is 104 cm³/mol. The molecule has 1 N–H and O–H groups in total. The number of hydrogen-bond acceptors (Lipinski definition) is 4. The minimum absolute atomic E-state index is 0.0140. The Kier molecular flexibility index (Phi) is 19.2. The summed E-state index contributed by atoms with van der Waals surface area (Å²) in [6.45, 7) is 2.92. The molecule has 0 spiro atoms. The predicted octanol–water partition coefficient (Wildman–Crippen LogP) is 5.27. The summed E-state index contributed by atoms with van der Waals surface area (Å²) in [7, 11) is 1.58. The SMILES string of the molecule is CCCCCCCCCCCCCCCC(=O)OCC(CO)COC. The highest BCUT2D eigenvalue weighted by atomic mass is 16.5. The molecule has 0 radical (unpaired) electrons. The molecule has 0 aliphatic carbocycles. The molecule has 0 saturated carbocycles. The van der Waals surface area contributed by atoms with E-state index in [0.29, 0.717) is 13.0 Å². The molecule has 0 aliphatic heterocycles. The van der Waals surface area contributed by atoms with E-state index in [9.17, 15) is 4.79 Å². The number of carbonyl (C=O) groups is 1. The van der Waals surface area contributed by atoms with E-state index in [1.165, 1.54) is 70.6 Å². The third-order valence-electron chi connectivity index (χ3n) is 4.63. The van der Waals surface area contributed by atoms with Gasteiger partial charge in [-0.3, -0.25) is 4.79 Å². The molecule has 0 aliphatic rings. The lowest BCUT2D eigenvalue weighted by atomic mass is 10.0. The van der Waals surface area contributed by atoms with Crippen LogP contribution in [0.1, 0.15) is 96.8 Å². The lowest BCUT2D eigenvalue weighted by molar-refractivity contribution is -0.146. The molecule has 0 aromatic rings. The summed E-state index contributed by atoms with van der Waals surface area (Å²) in [5, 5.41) is 9.10. The smallest absolute Gasteiger partial charge is 0.305 e. The van der Waals surface area contributed by atoms with Gasteiger partial charge in [-0.1, -0.05) is 84.0 Å². The Hall–Kier alpha value is -0.610. The molecule has 1 unspecified atom stereocenters. The molecule has 25 heavy (non-hydrogen) atoms. The van der Waals surface area contributed by atoms with E-state index in [-0.39, 0.29) is 25.1 Å². The second-order valence-corrected chi connectivity index (χ2v) is 7.18. The number of aliphatic hydroxyl groups is 1. The first-order valence-corrected chi connectivity index (χ1v) is 10.5. The molecule has 0 aromatic heterocycles. The number of unbranched alkanes of at least 4 members (excludes halogenated alkanes) is 12. The summed E-state index contributed by atoms with van der Waals surface area (Å²) in [5.74, 6) is -0.266. The summed E-state index contributed by atoms with van der Waals surface area (Å²) in [6.07, 6.45) is 17.4. The minimum Gasteiger partial charge on any atom is -0.465 e. The molecule has 0 saturated heterocycles. The molecule has 0 bridgehead atoms. The Balaban J connectivity index is 3.25. The number of rotatable bonds is 19. The fourth-order valence-corrected chi connectivity index (χ4v) is 2.96. The summed E-state index contributed by atoms with van der Waals surface area (Å²) in [5.41, 5.74) is 0. The number of esters is 1. The lowest BCUT2D eigenvalue weighted by Crippen LogP contribution is -2.21. The Bertz CT molecular complexity index is 281. The van der Waals surface area contributed by atoms with Crippen LogP contribution in [0.2, 0.25) is 0 Å². The van der Waals surface area contributed by atoms with Crippen LogP contribution in [0, 0.1) is 5.92 Å². The average molecular weight is 359 g/mol. The topological polar surface area (TPSA) is 55.8 Å². The molecule has 0 rings (SSSR count).